The maximum absolute atomic E-state index is 9.94. The molecule has 1 aromatic rings. The molecule has 0 saturated carbocycles. The van der Waals surface area contributed by atoms with Crippen molar-refractivity contribution in [2.24, 2.45) is 0 Å². The number of aliphatic hydroxyl groups is 1. The maximum atomic E-state index is 9.94. The molecule has 3 N–H and O–H groups in total. The molecule has 2 heterocycles. The zero-order chi connectivity index (χ0) is 13.3. The first-order valence-electron chi connectivity index (χ1n) is 6.04. The van der Waals surface area contributed by atoms with Crippen LogP contribution in [0.2, 0.25) is 0 Å². The first kappa shape index (κ1) is 13.0. The minimum absolute atomic E-state index is 0.231. The highest BCUT2D eigenvalue weighted by atomic mass is 16.3. The van der Waals surface area contributed by atoms with Crippen LogP contribution in [-0.2, 0) is 6.54 Å². The number of nitrogens with two attached hydrogens (primary N) is 1. The standard InChI is InChI=1S/C11H20N6O/c1-4-11(18)6-17(7-11)5-8-13-9(12)15-10(14-8)16(2)3/h18H,4-7H2,1-3H3,(H2,12,13,14,15). The van der Waals surface area contributed by atoms with E-state index in [1.165, 1.54) is 0 Å². The van der Waals surface area contributed by atoms with Crippen molar-refractivity contribution < 1.29 is 5.11 Å². The summed E-state index contributed by atoms with van der Waals surface area (Å²) in [6.07, 6.45) is 0.770. The van der Waals surface area contributed by atoms with Gasteiger partial charge in [0.15, 0.2) is 0 Å². The average Bonchev–Trinajstić information content (AvgIpc) is 2.25. The number of β-amino-alcohol motifs (C(OH)–C–C–N with tert-alkyl or cyclic N) is 1. The Bertz CT molecular complexity index is 430. The lowest BCUT2D eigenvalue weighted by atomic mass is 9.91. The minimum atomic E-state index is -0.539. The fourth-order valence-electron chi connectivity index (χ4n) is 2.02. The second kappa shape index (κ2) is 4.66. The third kappa shape index (κ3) is 2.68. The molecule has 18 heavy (non-hydrogen) atoms. The number of hydrogen-bond acceptors (Lipinski definition) is 7. The summed E-state index contributed by atoms with van der Waals surface area (Å²) in [5, 5.41) is 9.94. The van der Waals surface area contributed by atoms with Gasteiger partial charge in [0, 0.05) is 27.2 Å². The van der Waals surface area contributed by atoms with Crippen LogP contribution in [0, 0.1) is 0 Å². The quantitative estimate of drug-likeness (QED) is 0.744. The number of anilines is 2. The van der Waals surface area contributed by atoms with Gasteiger partial charge in [0.1, 0.15) is 5.82 Å². The summed E-state index contributed by atoms with van der Waals surface area (Å²) in [7, 11) is 3.72. The van der Waals surface area contributed by atoms with E-state index in [9.17, 15) is 5.11 Å². The topological polar surface area (TPSA) is 91.4 Å². The summed E-state index contributed by atoms with van der Waals surface area (Å²) in [4.78, 5) is 16.4. The lowest BCUT2D eigenvalue weighted by Gasteiger charge is -2.45. The summed E-state index contributed by atoms with van der Waals surface area (Å²) >= 11 is 0. The Morgan fingerprint density at radius 1 is 1.33 bits per heavy atom. The van der Waals surface area contributed by atoms with Gasteiger partial charge < -0.3 is 15.7 Å². The molecule has 7 heteroatoms. The van der Waals surface area contributed by atoms with Gasteiger partial charge in [-0.05, 0) is 6.42 Å². The van der Waals surface area contributed by atoms with Gasteiger partial charge in [0.2, 0.25) is 11.9 Å². The Labute approximate surface area is 107 Å². The van der Waals surface area contributed by atoms with Gasteiger partial charge in [-0.25, -0.2) is 0 Å². The molecule has 0 amide bonds. The summed E-state index contributed by atoms with van der Waals surface area (Å²) in [5.74, 6) is 1.43. The predicted octanol–water partition coefficient (Wildman–Crippen LogP) is -0.523. The number of rotatable bonds is 4. The molecule has 0 spiro atoms. The van der Waals surface area contributed by atoms with E-state index in [2.05, 4.69) is 19.9 Å². The second-order valence-electron chi connectivity index (χ2n) is 5.03. The predicted molar refractivity (Wildman–Crippen MR) is 69.1 cm³/mol. The molecule has 100 valence electrons. The van der Waals surface area contributed by atoms with Gasteiger partial charge in [-0.15, -0.1) is 0 Å². The average molecular weight is 252 g/mol. The van der Waals surface area contributed by atoms with Gasteiger partial charge >= 0.3 is 0 Å². The van der Waals surface area contributed by atoms with Gasteiger partial charge in [-0.3, -0.25) is 4.90 Å². The normalized spacial score (nSPS) is 18.4. The van der Waals surface area contributed by atoms with Crippen LogP contribution in [0.25, 0.3) is 0 Å². The highest BCUT2D eigenvalue weighted by molar-refractivity contribution is 5.32. The van der Waals surface area contributed by atoms with Gasteiger partial charge in [-0.2, -0.15) is 15.0 Å². The third-order valence-electron chi connectivity index (χ3n) is 3.15. The first-order valence-corrected chi connectivity index (χ1v) is 6.04. The smallest absolute Gasteiger partial charge is 0.229 e. The molecule has 0 unspecified atom stereocenters. The van der Waals surface area contributed by atoms with E-state index in [0.29, 0.717) is 31.4 Å². The monoisotopic (exact) mass is 252 g/mol. The van der Waals surface area contributed by atoms with Crippen LogP contribution in [0.5, 0.6) is 0 Å². The Kier molecular flexibility index (Phi) is 3.36. The molecule has 0 radical (unpaired) electrons. The zero-order valence-electron chi connectivity index (χ0n) is 11.1. The highest BCUT2D eigenvalue weighted by Gasteiger charge is 2.39. The van der Waals surface area contributed by atoms with Crippen molar-refractivity contribution in [2.45, 2.75) is 25.5 Å². The number of nitrogens with zero attached hydrogens (tertiary/aromatic N) is 5. The molecule has 0 aromatic carbocycles. The van der Waals surface area contributed by atoms with Crippen LogP contribution < -0.4 is 10.6 Å². The van der Waals surface area contributed by atoms with Crippen LogP contribution in [0.3, 0.4) is 0 Å². The van der Waals surface area contributed by atoms with Gasteiger partial charge in [-0.1, -0.05) is 6.92 Å². The minimum Gasteiger partial charge on any atom is -0.387 e. The lowest BCUT2D eigenvalue weighted by molar-refractivity contribution is -0.104. The van der Waals surface area contributed by atoms with E-state index in [4.69, 9.17) is 5.73 Å². The fraction of sp³-hybridized carbons (Fsp3) is 0.727. The summed E-state index contributed by atoms with van der Waals surface area (Å²) in [6.45, 7) is 3.90. The van der Waals surface area contributed by atoms with Gasteiger partial charge in [0.25, 0.3) is 0 Å². The van der Waals surface area contributed by atoms with Crippen molar-refractivity contribution in [2.75, 3.05) is 37.8 Å². The highest BCUT2D eigenvalue weighted by Crippen LogP contribution is 2.25. The largest absolute Gasteiger partial charge is 0.387 e. The maximum Gasteiger partial charge on any atom is 0.229 e. The molecule has 0 bridgehead atoms. The number of hydrogen-bond donors (Lipinski definition) is 2. The van der Waals surface area contributed by atoms with Crippen molar-refractivity contribution in [1.82, 2.24) is 19.9 Å². The van der Waals surface area contributed by atoms with Crippen LogP contribution in [0.15, 0.2) is 0 Å². The molecule has 7 nitrogen and oxygen atoms in total. The summed E-state index contributed by atoms with van der Waals surface area (Å²) in [5.41, 5.74) is 5.12. The molecule has 1 saturated heterocycles. The van der Waals surface area contributed by atoms with Crippen LogP contribution >= 0.6 is 0 Å². The molecular formula is C11H20N6O. The summed E-state index contributed by atoms with van der Waals surface area (Å²) in [6, 6.07) is 0. The van der Waals surface area contributed by atoms with Crippen molar-refractivity contribution in [3.8, 4) is 0 Å². The SMILES string of the molecule is CCC1(O)CN(Cc2nc(N)nc(N(C)C)n2)C1. The van der Waals surface area contributed by atoms with Crippen molar-refractivity contribution >= 4 is 11.9 Å². The lowest BCUT2D eigenvalue weighted by Crippen LogP contribution is -2.60. The Morgan fingerprint density at radius 3 is 2.56 bits per heavy atom. The third-order valence-corrected chi connectivity index (χ3v) is 3.15. The molecule has 1 aromatic heterocycles. The van der Waals surface area contributed by atoms with Crippen molar-refractivity contribution in [3.05, 3.63) is 5.82 Å². The molecule has 1 fully saturated rings. The zero-order valence-corrected chi connectivity index (χ0v) is 11.1. The molecule has 1 aliphatic rings. The van der Waals surface area contributed by atoms with Crippen molar-refractivity contribution in [1.29, 1.82) is 0 Å². The van der Waals surface area contributed by atoms with E-state index in [-0.39, 0.29) is 5.95 Å². The molecule has 1 aliphatic heterocycles. The van der Waals surface area contributed by atoms with E-state index in [0.717, 1.165) is 6.42 Å². The molecule has 2 rings (SSSR count). The molecule has 0 aliphatic carbocycles. The fourth-order valence-corrected chi connectivity index (χ4v) is 2.02. The van der Waals surface area contributed by atoms with E-state index in [1.54, 1.807) is 4.90 Å². The van der Waals surface area contributed by atoms with Crippen LogP contribution in [0.4, 0.5) is 11.9 Å². The van der Waals surface area contributed by atoms with Crippen molar-refractivity contribution in [3.63, 3.8) is 0 Å². The molecular weight excluding hydrogens is 232 g/mol. The van der Waals surface area contributed by atoms with E-state index < -0.39 is 5.60 Å². The Balaban J connectivity index is 2.02. The molecule has 0 atom stereocenters. The Hall–Kier alpha value is -1.47. The van der Waals surface area contributed by atoms with E-state index in [1.807, 2.05) is 21.0 Å². The number of aromatic nitrogens is 3. The Morgan fingerprint density at radius 2 is 2.00 bits per heavy atom. The van der Waals surface area contributed by atoms with E-state index >= 15 is 0 Å². The summed E-state index contributed by atoms with van der Waals surface area (Å²) < 4.78 is 0. The van der Waals surface area contributed by atoms with Crippen LogP contribution in [-0.4, -0.2) is 57.7 Å². The first-order chi connectivity index (χ1) is 8.42. The second-order valence-corrected chi connectivity index (χ2v) is 5.03. The number of likely N-dealkylation sites (tertiary alicyclic amines) is 1. The van der Waals surface area contributed by atoms with Gasteiger partial charge in [0.05, 0.1) is 12.1 Å². The van der Waals surface area contributed by atoms with Crippen LogP contribution in [0.1, 0.15) is 19.2 Å². The number of nitrogen functional groups attached to an aromatic ring is 1.